The zero-order chi connectivity index (χ0) is 34.2. The molecule has 47 heavy (non-hydrogen) atoms. The van der Waals surface area contributed by atoms with E-state index in [0.717, 1.165) is 12.1 Å². The van der Waals surface area contributed by atoms with E-state index in [1.807, 2.05) is 0 Å². The van der Waals surface area contributed by atoms with E-state index in [0.29, 0.717) is 22.3 Å². The fraction of sp³-hybridized carbons (Fsp3) is 0.212. The molecule has 0 fully saturated rings. The molecule has 0 unspecified atom stereocenters. The van der Waals surface area contributed by atoms with Crippen molar-refractivity contribution in [1.82, 2.24) is 0 Å². The van der Waals surface area contributed by atoms with Crippen molar-refractivity contribution >= 4 is 54.6 Å². The van der Waals surface area contributed by atoms with Gasteiger partial charge in [-0.3, -0.25) is 18.7 Å². The number of carbonyl (C=O) groups is 2. The summed E-state index contributed by atoms with van der Waals surface area (Å²) in [4.78, 5) is 27.6. The van der Waals surface area contributed by atoms with Crippen LogP contribution in [0.25, 0.3) is 0 Å². The summed E-state index contributed by atoms with van der Waals surface area (Å²) in [5, 5.41) is 27.4. The van der Waals surface area contributed by atoms with E-state index in [1.165, 1.54) is 52.0 Å². The summed E-state index contributed by atoms with van der Waals surface area (Å²) in [6.45, 7) is 9.34. The van der Waals surface area contributed by atoms with Crippen LogP contribution in [0.4, 0.5) is 22.7 Å². The first-order valence-electron chi connectivity index (χ1n) is 13.8. The number of nitrogens with one attached hydrogen (secondary N) is 2. The first kappa shape index (κ1) is 35.1. The van der Waals surface area contributed by atoms with Crippen LogP contribution < -0.4 is 10.6 Å². The van der Waals surface area contributed by atoms with Crippen LogP contribution in [0.3, 0.4) is 0 Å². The van der Waals surface area contributed by atoms with Crippen molar-refractivity contribution in [3.8, 4) is 11.5 Å². The van der Waals surface area contributed by atoms with Gasteiger partial charge in [0, 0.05) is 11.4 Å². The molecule has 14 heteroatoms. The molecule has 4 aromatic rings. The fourth-order valence-corrected chi connectivity index (χ4v) is 8.27. The number of hydrogen-bond donors (Lipinski definition) is 6. The van der Waals surface area contributed by atoms with E-state index in [4.69, 9.17) is 0 Å². The molecule has 5 rings (SSSR count). The second kappa shape index (κ2) is 11.8. The first-order valence-corrected chi connectivity index (χ1v) is 16.7. The molecule has 1 aliphatic carbocycles. The second-order valence-corrected chi connectivity index (χ2v) is 14.0. The largest absolute Gasteiger partial charge is 0.507 e. The number of carbonyl (C=O) groups excluding carboxylic acids is 2. The highest BCUT2D eigenvalue weighted by Gasteiger charge is 2.38. The molecular weight excluding hydrogens is 649 g/mol. The molecule has 0 aliphatic heterocycles. The third-order valence-electron chi connectivity index (χ3n) is 8.11. The quantitative estimate of drug-likeness (QED) is 0.0857. The highest BCUT2D eigenvalue weighted by molar-refractivity contribution is 7.86. The Hall–Kier alpha value is -4.76. The molecule has 0 bridgehead atoms. The summed E-state index contributed by atoms with van der Waals surface area (Å²) in [7, 11) is -9.28. The lowest BCUT2D eigenvalue weighted by Crippen LogP contribution is -2.24. The van der Waals surface area contributed by atoms with Gasteiger partial charge in [-0.05, 0) is 99.2 Å². The zero-order valence-electron chi connectivity index (χ0n) is 25.5. The maximum absolute atomic E-state index is 14.1. The average Bonchev–Trinajstić information content (AvgIpc) is 2.91. The van der Waals surface area contributed by atoms with Crippen molar-refractivity contribution in [1.29, 1.82) is 0 Å². The monoisotopic (exact) mass is 682 g/mol. The summed E-state index contributed by atoms with van der Waals surface area (Å²) in [5.74, 6) is -2.78. The third-order valence-corrected chi connectivity index (χ3v) is 10.4. The smallest absolute Gasteiger partial charge is 0.295 e. The summed E-state index contributed by atoms with van der Waals surface area (Å²) < 4.78 is 68.7. The number of fused-ring (bicyclic) bond motifs is 2. The highest BCUT2D eigenvalue weighted by Crippen LogP contribution is 2.45. The Morgan fingerprint density at radius 3 is 1.15 bits per heavy atom. The van der Waals surface area contributed by atoms with E-state index < -0.39 is 54.4 Å². The van der Waals surface area contributed by atoms with E-state index >= 15 is 0 Å². The van der Waals surface area contributed by atoms with E-state index in [2.05, 4.69) is 10.6 Å². The van der Waals surface area contributed by atoms with Gasteiger partial charge in [0.2, 0.25) is 11.6 Å². The minimum absolute atomic E-state index is 0. The van der Waals surface area contributed by atoms with Gasteiger partial charge in [-0.15, -0.1) is 0 Å². The van der Waals surface area contributed by atoms with Gasteiger partial charge in [-0.2, -0.15) is 16.8 Å². The number of benzene rings is 4. The summed E-state index contributed by atoms with van der Waals surface area (Å²) in [6.07, 6.45) is 0. The number of hydrogen-bond acceptors (Lipinski definition) is 10. The van der Waals surface area contributed by atoms with Crippen molar-refractivity contribution in [3.63, 3.8) is 0 Å². The minimum atomic E-state index is -4.64. The van der Waals surface area contributed by atoms with Gasteiger partial charge in [0.15, 0.2) is 0 Å². The van der Waals surface area contributed by atoms with Gasteiger partial charge in [0.05, 0.1) is 33.6 Å². The Morgan fingerprint density at radius 1 is 0.532 bits per heavy atom. The summed E-state index contributed by atoms with van der Waals surface area (Å²) in [6, 6.07) is 8.08. The number of aryl methyl sites for hydroxylation is 4. The van der Waals surface area contributed by atoms with Gasteiger partial charge < -0.3 is 20.8 Å². The number of phenols is 2. The Labute approximate surface area is 272 Å². The molecule has 0 saturated heterocycles. The molecule has 0 radical (unpaired) electrons. The van der Waals surface area contributed by atoms with Crippen LogP contribution in [0.5, 0.6) is 11.5 Å². The molecule has 4 aromatic carbocycles. The molecule has 0 atom stereocenters. The molecule has 248 valence electrons. The summed E-state index contributed by atoms with van der Waals surface area (Å²) in [5.41, 5.74) is 1.19. The topological polar surface area (TPSA) is 207 Å². The third kappa shape index (κ3) is 5.73. The predicted molar refractivity (Wildman–Crippen MR) is 177 cm³/mol. The van der Waals surface area contributed by atoms with Crippen LogP contribution in [-0.2, 0) is 20.2 Å². The van der Waals surface area contributed by atoms with Crippen molar-refractivity contribution in [3.05, 3.63) is 92.0 Å². The van der Waals surface area contributed by atoms with Crippen LogP contribution in [0, 0.1) is 41.5 Å². The molecule has 6 N–H and O–H groups in total. The van der Waals surface area contributed by atoms with Crippen LogP contribution in [-0.4, -0.2) is 47.7 Å². The van der Waals surface area contributed by atoms with Crippen LogP contribution in [0.15, 0.2) is 46.2 Å². The first-order chi connectivity index (χ1) is 21.2. The standard InChI is InChI=1S/C32H30N2O10S2.CH4/c1-13-11-15(3)31(45(39,40)41)17(5)27(13)33-19-7-8-20(34-28-14(2)12-16(4)32(18(28)6)46(42,43)44)24-23(19)29(37)25-21(35)9-10-22(36)26(25)30(24)38;/h7-12,33-36H,1-6H3,(H,39,40,41)(H,42,43,44);1H4. The number of anilines is 4. The normalized spacial score (nSPS) is 12.7. The SMILES string of the molecule is C.Cc1cc(C)c(S(=O)(=O)O)c(C)c1Nc1ccc(Nc2c(C)cc(C)c(S(=O)(=O)O)c2C)c2c1C(=O)c1c(O)ccc(O)c1C2=O. The average molecular weight is 683 g/mol. The van der Waals surface area contributed by atoms with Gasteiger partial charge in [0.1, 0.15) is 21.3 Å². The number of ketones is 2. The zero-order valence-corrected chi connectivity index (χ0v) is 27.2. The van der Waals surface area contributed by atoms with Gasteiger partial charge >= 0.3 is 0 Å². The highest BCUT2D eigenvalue weighted by atomic mass is 32.2. The van der Waals surface area contributed by atoms with Gasteiger partial charge in [-0.25, -0.2) is 0 Å². The summed E-state index contributed by atoms with van der Waals surface area (Å²) >= 11 is 0. The Morgan fingerprint density at radius 2 is 0.851 bits per heavy atom. The second-order valence-electron chi connectivity index (χ2n) is 11.3. The van der Waals surface area contributed by atoms with Crippen molar-refractivity contribution in [2.75, 3.05) is 10.6 Å². The fourth-order valence-electron chi connectivity index (χ4n) is 6.36. The molecule has 0 amide bonds. The van der Waals surface area contributed by atoms with Gasteiger partial charge in [0.25, 0.3) is 20.2 Å². The molecule has 12 nitrogen and oxygen atoms in total. The Kier molecular flexibility index (Phi) is 8.81. The van der Waals surface area contributed by atoms with Crippen LogP contribution in [0.2, 0.25) is 0 Å². The number of phenolic OH excluding ortho intramolecular Hbond substituents is 2. The van der Waals surface area contributed by atoms with E-state index in [1.54, 1.807) is 13.8 Å². The molecular formula is C33H34N2O10S2. The van der Waals surface area contributed by atoms with E-state index in [-0.39, 0.29) is 62.2 Å². The lowest BCUT2D eigenvalue weighted by atomic mass is 9.81. The molecule has 0 saturated carbocycles. The van der Waals surface area contributed by atoms with Crippen molar-refractivity contribution in [2.45, 2.75) is 58.8 Å². The molecule has 0 heterocycles. The molecule has 0 spiro atoms. The Balaban J connectivity index is 0.00000500. The number of aromatic hydroxyl groups is 2. The Bertz CT molecular complexity index is 2120. The molecule has 1 aliphatic rings. The van der Waals surface area contributed by atoms with E-state index in [9.17, 15) is 45.7 Å². The van der Waals surface area contributed by atoms with Crippen LogP contribution in [0.1, 0.15) is 72.7 Å². The predicted octanol–water partition coefficient (Wildman–Crippen LogP) is 6.34. The maximum atomic E-state index is 14.1. The lowest BCUT2D eigenvalue weighted by molar-refractivity contribution is 0.0975. The van der Waals surface area contributed by atoms with Crippen LogP contribution >= 0.6 is 0 Å². The van der Waals surface area contributed by atoms with Gasteiger partial charge in [-0.1, -0.05) is 19.6 Å². The van der Waals surface area contributed by atoms with Crippen molar-refractivity contribution < 1.29 is 45.7 Å². The lowest BCUT2D eigenvalue weighted by Gasteiger charge is -2.26. The van der Waals surface area contributed by atoms with Crippen molar-refractivity contribution in [2.24, 2.45) is 0 Å². The molecule has 0 aromatic heterocycles. The number of rotatable bonds is 6. The minimum Gasteiger partial charge on any atom is -0.507 e. The maximum Gasteiger partial charge on any atom is 0.295 e.